The minimum atomic E-state index is -2.40. The highest BCUT2D eigenvalue weighted by molar-refractivity contribution is 7.77. The Kier molecular flexibility index (Phi) is 6.36. The number of hydrogen-bond donors (Lipinski definition) is 2. The highest BCUT2D eigenvalue weighted by Gasteiger charge is 2.16. The molecule has 1 heterocycles. The monoisotopic (exact) mass is 408 g/mol. The largest absolute Gasteiger partial charge is 0.487 e. The number of carbonyl (C=O) groups excluding carboxylic acids is 1. The molecule has 2 aromatic carbocycles. The molecule has 0 saturated carbocycles. The Morgan fingerprint density at radius 2 is 2.04 bits per heavy atom. The number of amides is 1. The second-order valence-electron chi connectivity index (χ2n) is 6.44. The Labute approximate surface area is 165 Å². The molecule has 0 aliphatic carbocycles. The molecular formula is C19H21ClN2O4S. The number of aryl methyl sites for hydroxylation is 1. The van der Waals surface area contributed by atoms with Crippen molar-refractivity contribution in [3.63, 3.8) is 0 Å². The molecule has 0 spiro atoms. The topological polar surface area (TPSA) is 78.9 Å². The lowest BCUT2D eigenvalue weighted by Crippen LogP contribution is -2.26. The van der Waals surface area contributed by atoms with E-state index in [1.807, 2.05) is 34.9 Å². The van der Waals surface area contributed by atoms with Gasteiger partial charge in [-0.05, 0) is 60.7 Å². The molecule has 1 aliphatic heterocycles. The van der Waals surface area contributed by atoms with E-state index < -0.39 is 17.2 Å². The van der Waals surface area contributed by atoms with Gasteiger partial charge in [-0.3, -0.25) is 9.35 Å². The first-order valence-electron chi connectivity index (χ1n) is 8.61. The van der Waals surface area contributed by atoms with Gasteiger partial charge >= 0.3 is 0 Å². The third kappa shape index (κ3) is 5.00. The molecule has 0 fully saturated rings. The van der Waals surface area contributed by atoms with E-state index in [1.54, 1.807) is 18.2 Å². The van der Waals surface area contributed by atoms with Crippen LogP contribution in [-0.4, -0.2) is 28.3 Å². The average molecular weight is 409 g/mol. The molecule has 2 N–H and O–H groups in total. The molecule has 1 aliphatic rings. The van der Waals surface area contributed by atoms with Crippen molar-refractivity contribution in [2.24, 2.45) is 0 Å². The second-order valence-corrected chi connectivity index (χ2v) is 7.58. The smallest absolute Gasteiger partial charge is 0.264 e. The molecule has 0 aromatic heterocycles. The van der Waals surface area contributed by atoms with Crippen LogP contribution in [0.1, 0.15) is 34.3 Å². The first-order valence-corrected chi connectivity index (χ1v) is 10.1. The summed E-state index contributed by atoms with van der Waals surface area (Å²) in [5.74, 6) is 0.0447. The fourth-order valence-electron chi connectivity index (χ4n) is 3.13. The Morgan fingerprint density at radius 3 is 2.81 bits per heavy atom. The lowest BCUT2D eigenvalue weighted by molar-refractivity contribution is 0.0981. The van der Waals surface area contributed by atoms with Crippen molar-refractivity contribution in [1.82, 2.24) is 4.72 Å². The zero-order valence-corrected chi connectivity index (χ0v) is 16.5. The highest BCUT2D eigenvalue weighted by Crippen LogP contribution is 2.31. The lowest BCUT2D eigenvalue weighted by atomic mass is 10.0. The summed E-state index contributed by atoms with van der Waals surface area (Å²) in [5.41, 5.74) is 3.35. The Balaban J connectivity index is 1.92. The fraction of sp³-hybridized carbons (Fsp3) is 0.316. The quantitative estimate of drug-likeness (QED) is 0.743. The first-order chi connectivity index (χ1) is 12.9. The van der Waals surface area contributed by atoms with E-state index in [0.29, 0.717) is 17.9 Å². The molecule has 0 radical (unpaired) electrons. The van der Waals surface area contributed by atoms with Gasteiger partial charge in [-0.2, -0.15) is 0 Å². The van der Waals surface area contributed by atoms with Crippen LogP contribution in [0.4, 0.5) is 5.69 Å². The van der Waals surface area contributed by atoms with Crippen LogP contribution in [0.2, 0.25) is 5.02 Å². The Hall–Kier alpha value is -2.09. The number of anilines is 1. The molecule has 27 heavy (non-hydrogen) atoms. The van der Waals surface area contributed by atoms with Gasteiger partial charge in [-0.1, -0.05) is 17.7 Å². The number of ether oxygens (including phenoxy) is 1. The average Bonchev–Trinajstić information content (AvgIpc) is 2.65. The predicted octanol–water partition coefficient (Wildman–Crippen LogP) is 3.56. The fourth-order valence-corrected chi connectivity index (χ4v) is 3.60. The molecule has 1 amide bonds. The zero-order valence-electron chi connectivity index (χ0n) is 14.9. The number of nitrogens with zero attached hydrogens (tertiary/aromatic N) is 1. The minimum Gasteiger partial charge on any atom is -0.487 e. The summed E-state index contributed by atoms with van der Waals surface area (Å²) in [6.07, 6.45) is 2.91. The van der Waals surface area contributed by atoms with Crippen LogP contribution in [0, 0.1) is 0 Å². The maximum atomic E-state index is 12.0. The summed E-state index contributed by atoms with van der Waals surface area (Å²) in [7, 11) is 1.94. The number of fused-ring (bicyclic) bond motifs is 2. The van der Waals surface area contributed by atoms with Crippen LogP contribution in [0.25, 0.3) is 0 Å². The molecule has 0 saturated heterocycles. The summed E-state index contributed by atoms with van der Waals surface area (Å²) >= 11 is 3.73. The van der Waals surface area contributed by atoms with E-state index in [1.165, 1.54) is 5.56 Å². The number of rotatable bonds is 2. The van der Waals surface area contributed by atoms with Crippen LogP contribution in [0.5, 0.6) is 5.75 Å². The van der Waals surface area contributed by atoms with Crippen LogP contribution in [0.15, 0.2) is 36.4 Å². The van der Waals surface area contributed by atoms with Gasteiger partial charge in [0, 0.05) is 24.2 Å². The van der Waals surface area contributed by atoms with Crippen molar-refractivity contribution < 1.29 is 18.3 Å². The number of hydrogen-bond acceptors (Lipinski definition) is 4. The molecule has 0 bridgehead atoms. The van der Waals surface area contributed by atoms with Crippen LogP contribution >= 0.6 is 11.6 Å². The van der Waals surface area contributed by atoms with E-state index in [2.05, 4.69) is 0 Å². The Morgan fingerprint density at radius 1 is 1.22 bits per heavy atom. The van der Waals surface area contributed by atoms with Crippen molar-refractivity contribution >= 4 is 34.5 Å². The molecular weight excluding hydrogens is 388 g/mol. The van der Waals surface area contributed by atoms with Crippen molar-refractivity contribution in [2.45, 2.75) is 25.9 Å². The molecule has 6 nitrogen and oxygen atoms in total. The summed E-state index contributed by atoms with van der Waals surface area (Å²) in [6, 6.07) is 10.8. The van der Waals surface area contributed by atoms with E-state index in [-0.39, 0.29) is 0 Å². The van der Waals surface area contributed by atoms with Gasteiger partial charge in [0.1, 0.15) is 12.4 Å². The summed E-state index contributed by atoms with van der Waals surface area (Å²) in [5, 5.41) is 0.720. The van der Waals surface area contributed by atoms with Crippen molar-refractivity contribution in [3.8, 4) is 5.75 Å². The van der Waals surface area contributed by atoms with E-state index in [9.17, 15) is 9.00 Å². The number of halogens is 1. The van der Waals surface area contributed by atoms with Crippen molar-refractivity contribution in [2.75, 3.05) is 18.5 Å². The van der Waals surface area contributed by atoms with E-state index in [0.717, 1.165) is 42.1 Å². The summed E-state index contributed by atoms with van der Waals surface area (Å²) in [4.78, 5) is 14.1. The van der Waals surface area contributed by atoms with Crippen LogP contribution < -0.4 is 14.4 Å². The van der Waals surface area contributed by atoms with Crippen molar-refractivity contribution in [1.29, 1.82) is 0 Å². The van der Waals surface area contributed by atoms with E-state index >= 15 is 0 Å². The normalized spacial score (nSPS) is 15.6. The minimum absolute atomic E-state index is 0.300. The van der Waals surface area contributed by atoms with Gasteiger partial charge in [0.25, 0.3) is 17.2 Å². The zero-order chi connectivity index (χ0) is 19.4. The molecule has 144 valence electrons. The number of nitrogens with one attached hydrogen (secondary N) is 1. The SMILES string of the molecule is CN1CCCCc2cc(Cl)ccc2COc2ccc(C(=O)NS(=O)O)cc21. The number of benzene rings is 2. The van der Waals surface area contributed by atoms with Gasteiger partial charge in [-0.15, -0.1) is 0 Å². The van der Waals surface area contributed by atoms with E-state index in [4.69, 9.17) is 20.9 Å². The molecule has 1 atom stereocenters. The van der Waals surface area contributed by atoms with Gasteiger partial charge in [-0.25, -0.2) is 8.93 Å². The molecule has 8 heteroatoms. The van der Waals surface area contributed by atoms with Gasteiger partial charge in [0.2, 0.25) is 0 Å². The highest BCUT2D eigenvalue weighted by atomic mass is 35.5. The first kappa shape index (κ1) is 19.7. The third-order valence-corrected chi connectivity index (χ3v) is 5.15. The summed E-state index contributed by atoms with van der Waals surface area (Å²) < 4.78 is 27.7. The third-order valence-electron chi connectivity index (χ3n) is 4.55. The second kappa shape index (κ2) is 8.73. The maximum absolute atomic E-state index is 12.0. The van der Waals surface area contributed by atoms with Crippen LogP contribution in [-0.2, 0) is 24.3 Å². The molecule has 2 aromatic rings. The molecule has 1 unspecified atom stereocenters. The maximum Gasteiger partial charge on any atom is 0.264 e. The Bertz CT molecular complexity index is 875. The summed E-state index contributed by atoms with van der Waals surface area (Å²) in [6.45, 7) is 1.20. The van der Waals surface area contributed by atoms with Crippen LogP contribution in [0.3, 0.4) is 0 Å². The van der Waals surface area contributed by atoms with Crippen molar-refractivity contribution in [3.05, 3.63) is 58.1 Å². The standard InChI is InChI=1S/C19H21ClN2O4S/c1-22-9-3-2-4-13-10-16(20)7-5-15(13)12-26-18-8-6-14(11-17(18)22)19(23)21-27(24)25/h5-8,10-11H,2-4,9,12H2,1H3,(H,21,23)(H,24,25). The lowest BCUT2D eigenvalue weighted by Gasteiger charge is -2.22. The number of carbonyl (C=O) groups is 1. The molecule has 3 rings (SSSR count). The van der Waals surface area contributed by atoms with Gasteiger partial charge in [0.05, 0.1) is 5.69 Å². The van der Waals surface area contributed by atoms with Gasteiger partial charge < -0.3 is 9.64 Å². The predicted molar refractivity (Wildman–Crippen MR) is 107 cm³/mol. The van der Waals surface area contributed by atoms with Gasteiger partial charge in [0.15, 0.2) is 0 Å².